The zero-order chi connectivity index (χ0) is 20.1. The molecule has 1 N–H and O–H groups in total. The molecule has 0 aliphatic carbocycles. The molecule has 0 spiro atoms. The van der Waals surface area contributed by atoms with Gasteiger partial charge in [-0.3, -0.25) is 4.79 Å². The first-order valence-electron chi connectivity index (χ1n) is 9.59. The number of benzene rings is 2. The Morgan fingerprint density at radius 2 is 1.82 bits per heavy atom. The Balaban J connectivity index is 1.68. The van der Waals surface area contributed by atoms with Gasteiger partial charge >= 0.3 is 0 Å². The number of aryl methyl sites for hydroxylation is 1. The van der Waals surface area contributed by atoms with Gasteiger partial charge in [-0.25, -0.2) is 4.98 Å². The number of nitrogens with one attached hydrogen (secondary N) is 1. The lowest BCUT2D eigenvalue weighted by Gasteiger charge is -2.19. The van der Waals surface area contributed by atoms with E-state index in [0.29, 0.717) is 12.5 Å². The van der Waals surface area contributed by atoms with Gasteiger partial charge in [-0.2, -0.15) is 0 Å². The normalized spacial score (nSPS) is 12.0. The summed E-state index contributed by atoms with van der Waals surface area (Å²) in [6, 6.07) is 15.8. The minimum atomic E-state index is -0.581. The molecule has 5 heteroatoms. The summed E-state index contributed by atoms with van der Waals surface area (Å²) in [4.78, 5) is 16.9. The van der Waals surface area contributed by atoms with Crippen LogP contribution in [0.2, 0.25) is 0 Å². The Labute approximate surface area is 166 Å². The minimum Gasteiger partial charge on any atom is -0.481 e. The number of imidazole rings is 1. The third-order valence-corrected chi connectivity index (χ3v) is 4.74. The molecule has 0 aliphatic heterocycles. The van der Waals surface area contributed by atoms with Crippen molar-refractivity contribution >= 4 is 5.91 Å². The van der Waals surface area contributed by atoms with Crippen LogP contribution < -0.4 is 10.1 Å². The average molecular weight is 377 g/mol. The van der Waals surface area contributed by atoms with E-state index < -0.39 is 6.10 Å². The second-order valence-corrected chi connectivity index (χ2v) is 7.14. The van der Waals surface area contributed by atoms with Gasteiger partial charge in [0.2, 0.25) is 0 Å². The summed E-state index contributed by atoms with van der Waals surface area (Å²) in [7, 11) is 0. The van der Waals surface area contributed by atoms with E-state index in [0.717, 1.165) is 28.4 Å². The molecule has 1 amide bonds. The Bertz CT molecular complexity index is 946. The molecule has 0 aliphatic rings. The largest absolute Gasteiger partial charge is 0.481 e. The maximum atomic E-state index is 12.6. The number of carbonyl (C=O) groups is 1. The lowest BCUT2D eigenvalue weighted by Crippen LogP contribution is -2.36. The van der Waals surface area contributed by atoms with Crippen LogP contribution in [0.5, 0.6) is 5.75 Å². The molecule has 5 nitrogen and oxygen atoms in total. The quantitative estimate of drug-likeness (QED) is 0.664. The predicted octanol–water partition coefficient (Wildman–Crippen LogP) is 4.39. The predicted molar refractivity (Wildman–Crippen MR) is 111 cm³/mol. The summed E-state index contributed by atoms with van der Waals surface area (Å²) < 4.78 is 7.97. The summed E-state index contributed by atoms with van der Waals surface area (Å²) in [5.41, 5.74) is 3.13. The topological polar surface area (TPSA) is 56.2 Å². The average Bonchev–Trinajstić information content (AvgIpc) is 3.12. The van der Waals surface area contributed by atoms with Gasteiger partial charge in [0.25, 0.3) is 5.91 Å². The Hall–Kier alpha value is -3.08. The summed E-state index contributed by atoms with van der Waals surface area (Å²) >= 11 is 0. The summed E-state index contributed by atoms with van der Waals surface area (Å²) in [5, 5.41) is 2.99. The van der Waals surface area contributed by atoms with Gasteiger partial charge in [-0.15, -0.1) is 0 Å². The smallest absolute Gasteiger partial charge is 0.261 e. The van der Waals surface area contributed by atoms with Crippen LogP contribution >= 0.6 is 0 Å². The van der Waals surface area contributed by atoms with Crippen molar-refractivity contribution < 1.29 is 9.53 Å². The molecule has 0 bridgehead atoms. The monoisotopic (exact) mass is 377 g/mol. The van der Waals surface area contributed by atoms with E-state index in [-0.39, 0.29) is 5.91 Å². The molecular weight excluding hydrogens is 350 g/mol. The number of carbonyl (C=O) groups excluding carboxylic acids is 1. The van der Waals surface area contributed by atoms with E-state index in [2.05, 4.69) is 24.1 Å². The molecule has 3 aromatic rings. The zero-order valence-corrected chi connectivity index (χ0v) is 16.8. The number of hydrogen-bond acceptors (Lipinski definition) is 3. The molecule has 1 aromatic heterocycles. The highest BCUT2D eigenvalue weighted by atomic mass is 16.5. The van der Waals surface area contributed by atoms with Crippen molar-refractivity contribution in [1.29, 1.82) is 0 Å². The molecule has 2 aromatic carbocycles. The fraction of sp³-hybridized carbons (Fsp3) is 0.304. The number of ether oxygens (including phenoxy) is 1. The zero-order valence-electron chi connectivity index (χ0n) is 16.8. The standard InChI is InChI=1S/C23H27N3O2/c1-16(2)20-10-6-8-12-22(20)28-17(3)23(27)25-15-19-9-5-7-11-21(19)26-14-13-24-18(26)4/h5-14,16-17H,15H2,1-4H3,(H,25,27)/t17-/m0/s1. The van der Waals surface area contributed by atoms with Gasteiger partial charge in [0.15, 0.2) is 6.10 Å². The lowest BCUT2D eigenvalue weighted by atomic mass is 10.0. The molecule has 3 rings (SSSR count). The molecular formula is C23H27N3O2. The fourth-order valence-corrected chi connectivity index (χ4v) is 3.16. The van der Waals surface area contributed by atoms with Crippen molar-refractivity contribution in [2.75, 3.05) is 0 Å². The van der Waals surface area contributed by atoms with Gasteiger partial charge in [0, 0.05) is 18.9 Å². The van der Waals surface area contributed by atoms with Gasteiger partial charge in [0.05, 0.1) is 5.69 Å². The van der Waals surface area contributed by atoms with Gasteiger partial charge < -0.3 is 14.6 Å². The van der Waals surface area contributed by atoms with Crippen molar-refractivity contribution in [3.8, 4) is 11.4 Å². The maximum absolute atomic E-state index is 12.6. The molecule has 0 saturated carbocycles. The van der Waals surface area contributed by atoms with Crippen LogP contribution in [-0.4, -0.2) is 21.6 Å². The molecule has 28 heavy (non-hydrogen) atoms. The van der Waals surface area contributed by atoms with Gasteiger partial charge in [0.1, 0.15) is 11.6 Å². The van der Waals surface area contributed by atoms with Crippen LogP contribution in [0.3, 0.4) is 0 Å². The Kier molecular flexibility index (Phi) is 6.14. The number of rotatable bonds is 7. The second-order valence-electron chi connectivity index (χ2n) is 7.14. The third kappa shape index (κ3) is 4.42. The summed E-state index contributed by atoms with van der Waals surface area (Å²) in [5.74, 6) is 1.85. The van der Waals surface area contributed by atoms with E-state index >= 15 is 0 Å². The summed E-state index contributed by atoms with van der Waals surface area (Å²) in [6.07, 6.45) is 3.11. The van der Waals surface area contributed by atoms with E-state index in [1.807, 2.05) is 66.2 Å². The molecule has 1 heterocycles. The van der Waals surface area contributed by atoms with Crippen LogP contribution in [-0.2, 0) is 11.3 Å². The van der Waals surface area contributed by atoms with Crippen LogP contribution in [0.1, 0.15) is 43.6 Å². The molecule has 0 fully saturated rings. The van der Waals surface area contributed by atoms with E-state index in [1.54, 1.807) is 13.1 Å². The Morgan fingerprint density at radius 3 is 2.54 bits per heavy atom. The number of aromatic nitrogens is 2. The summed E-state index contributed by atoms with van der Waals surface area (Å²) in [6.45, 7) is 8.38. The van der Waals surface area contributed by atoms with E-state index in [9.17, 15) is 4.79 Å². The molecule has 1 atom stereocenters. The van der Waals surface area contributed by atoms with Crippen molar-refractivity contribution in [3.05, 3.63) is 77.9 Å². The molecule has 146 valence electrons. The lowest BCUT2D eigenvalue weighted by molar-refractivity contribution is -0.127. The highest BCUT2D eigenvalue weighted by Gasteiger charge is 2.17. The highest BCUT2D eigenvalue weighted by molar-refractivity contribution is 5.80. The van der Waals surface area contributed by atoms with E-state index in [4.69, 9.17) is 4.74 Å². The second kappa shape index (κ2) is 8.74. The van der Waals surface area contributed by atoms with Crippen molar-refractivity contribution in [2.24, 2.45) is 0 Å². The number of nitrogens with zero attached hydrogens (tertiary/aromatic N) is 2. The van der Waals surface area contributed by atoms with Gasteiger partial charge in [-0.1, -0.05) is 50.2 Å². The van der Waals surface area contributed by atoms with Crippen LogP contribution in [0.25, 0.3) is 5.69 Å². The minimum absolute atomic E-state index is 0.143. The first kappa shape index (κ1) is 19.7. The first-order chi connectivity index (χ1) is 13.5. The molecule has 0 unspecified atom stereocenters. The fourth-order valence-electron chi connectivity index (χ4n) is 3.16. The first-order valence-corrected chi connectivity index (χ1v) is 9.59. The molecule has 0 radical (unpaired) electrons. The number of para-hydroxylation sites is 2. The number of hydrogen-bond donors (Lipinski definition) is 1. The van der Waals surface area contributed by atoms with Crippen molar-refractivity contribution in [1.82, 2.24) is 14.9 Å². The molecule has 0 saturated heterocycles. The van der Waals surface area contributed by atoms with Gasteiger partial charge in [-0.05, 0) is 43.0 Å². The van der Waals surface area contributed by atoms with Crippen LogP contribution in [0.4, 0.5) is 0 Å². The third-order valence-electron chi connectivity index (χ3n) is 4.74. The SMILES string of the molecule is Cc1nccn1-c1ccccc1CNC(=O)[C@H](C)Oc1ccccc1C(C)C. The Morgan fingerprint density at radius 1 is 1.11 bits per heavy atom. The van der Waals surface area contributed by atoms with Crippen LogP contribution in [0, 0.1) is 6.92 Å². The van der Waals surface area contributed by atoms with Crippen molar-refractivity contribution in [3.63, 3.8) is 0 Å². The number of amides is 1. The highest BCUT2D eigenvalue weighted by Crippen LogP contribution is 2.26. The van der Waals surface area contributed by atoms with E-state index in [1.165, 1.54) is 0 Å². The maximum Gasteiger partial charge on any atom is 0.261 e. The van der Waals surface area contributed by atoms with Crippen LogP contribution in [0.15, 0.2) is 60.9 Å². The van der Waals surface area contributed by atoms with Crippen molar-refractivity contribution in [2.45, 2.75) is 46.3 Å².